The third-order valence-corrected chi connectivity index (χ3v) is 3.69. The van der Waals surface area contributed by atoms with Gasteiger partial charge in [0.1, 0.15) is 5.75 Å². The number of phenolic OH excluding ortho intramolecular Hbond substituents is 1. The second kappa shape index (κ2) is 5.24. The van der Waals surface area contributed by atoms with Crippen molar-refractivity contribution in [1.82, 2.24) is 0 Å². The van der Waals surface area contributed by atoms with Crippen LogP contribution in [0.25, 0.3) is 21.9 Å². The monoisotopic (exact) mass is 270 g/mol. The number of hydrogen-bond acceptors (Lipinski definition) is 3. The molecular weight excluding hydrogens is 256 g/mol. The van der Waals surface area contributed by atoms with Gasteiger partial charge in [-0.3, -0.25) is 4.79 Å². The Hall–Kier alpha value is -2.13. The molecule has 2 nitrogen and oxygen atoms in total. The van der Waals surface area contributed by atoms with Gasteiger partial charge in [0.25, 0.3) is 0 Å². The number of carbonyl (C=O) groups excluding carboxylic acids is 1. The molecule has 1 N–H and O–H groups in total. The van der Waals surface area contributed by atoms with Crippen LogP contribution in [0.3, 0.4) is 0 Å². The molecule has 19 heavy (non-hydrogen) atoms. The minimum Gasteiger partial charge on any atom is -0.507 e. The maximum absolute atomic E-state index is 11.0. The van der Waals surface area contributed by atoms with Crippen molar-refractivity contribution in [3.63, 3.8) is 0 Å². The maximum Gasteiger partial charge on any atom is 0.154 e. The van der Waals surface area contributed by atoms with E-state index in [1.807, 2.05) is 29.6 Å². The number of hydrogen-bond donors (Lipinski definition) is 1. The second-order valence-corrected chi connectivity index (χ2v) is 4.84. The SMILES string of the molecule is C.O=Cc1c(O)ccc2cc(-c3ccsc3)ccc12. The molecule has 0 aliphatic rings. The fraction of sp³-hybridized carbons (Fsp3) is 0.0625. The highest BCUT2D eigenvalue weighted by atomic mass is 32.1. The number of thiophene rings is 1. The summed E-state index contributed by atoms with van der Waals surface area (Å²) in [5.41, 5.74) is 2.64. The molecule has 1 aromatic heterocycles. The molecule has 0 fully saturated rings. The number of phenols is 1. The van der Waals surface area contributed by atoms with Gasteiger partial charge < -0.3 is 5.11 Å². The number of benzene rings is 2. The Balaban J connectivity index is 0.00000133. The van der Waals surface area contributed by atoms with E-state index in [1.54, 1.807) is 17.4 Å². The van der Waals surface area contributed by atoms with Crippen LogP contribution in [-0.2, 0) is 0 Å². The predicted octanol–water partition coefficient (Wildman–Crippen LogP) is 4.72. The number of fused-ring (bicyclic) bond motifs is 1. The van der Waals surface area contributed by atoms with Crippen molar-refractivity contribution in [3.8, 4) is 16.9 Å². The van der Waals surface area contributed by atoms with Crippen LogP contribution >= 0.6 is 11.3 Å². The molecule has 0 amide bonds. The summed E-state index contributed by atoms with van der Waals surface area (Å²) in [6.07, 6.45) is 0.696. The van der Waals surface area contributed by atoms with Crippen LogP contribution in [0.1, 0.15) is 17.8 Å². The average Bonchev–Trinajstić information content (AvgIpc) is 2.92. The summed E-state index contributed by atoms with van der Waals surface area (Å²) in [5, 5.41) is 15.5. The lowest BCUT2D eigenvalue weighted by molar-refractivity contribution is 0.112. The Kier molecular flexibility index (Phi) is 3.67. The van der Waals surface area contributed by atoms with Crippen molar-refractivity contribution in [3.05, 3.63) is 52.7 Å². The van der Waals surface area contributed by atoms with Gasteiger partial charge in [0.15, 0.2) is 6.29 Å². The van der Waals surface area contributed by atoms with Crippen molar-refractivity contribution in [2.75, 3.05) is 0 Å². The fourth-order valence-electron chi connectivity index (χ4n) is 2.07. The molecule has 0 saturated carbocycles. The van der Waals surface area contributed by atoms with Crippen LogP contribution in [0.15, 0.2) is 47.2 Å². The fourth-order valence-corrected chi connectivity index (χ4v) is 2.74. The first-order valence-corrected chi connectivity index (χ1v) is 6.47. The first-order valence-electron chi connectivity index (χ1n) is 5.53. The number of aldehydes is 1. The van der Waals surface area contributed by atoms with Gasteiger partial charge in [-0.1, -0.05) is 25.6 Å². The predicted molar refractivity (Wildman–Crippen MR) is 81.0 cm³/mol. The van der Waals surface area contributed by atoms with Crippen molar-refractivity contribution >= 4 is 28.4 Å². The molecule has 0 aliphatic heterocycles. The van der Waals surface area contributed by atoms with E-state index >= 15 is 0 Å². The summed E-state index contributed by atoms with van der Waals surface area (Å²) in [6, 6.07) is 11.3. The van der Waals surface area contributed by atoms with Gasteiger partial charge in [-0.05, 0) is 50.9 Å². The summed E-state index contributed by atoms with van der Waals surface area (Å²) in [7, 11) is 0. The van der Waals surface area contributed by atoms with E-state index < -0.39 is 0 Å². The van der Waals surface area contributed by atoms with Gasteiger partial charge in [0.2, 0.25) is 0 Å². The summed E-state index contributed by atoms with van der Waals surface area (Å²) < 4.78 is 0. The van der Waals surface area contributed by atoms with Gasteiger partial charge in [0, 0.05) is 0 Å². The maximum atomic E-state index is 11.0. The van der Waals surface area contributed by atoms with Crippen LogP contribution < -0.4 is 0 Å². The first-order chi connectivity index (χ1) is 8.79. The molecular formula is C16H14O2S. The van der Waals surface area contributed by atoms with Gasteiger partial charge in [0.05, 0.1) is 5.56 Å². The molecule has 0 bridgehead atoms. The van der Waals surface area contributed by atoms with Crippen LogP contribution in [0.5, 0.6) is 5.75 Å². The number of aromatic hydroxyl groups is 1. The molecule has 0 spiro atoms. The van der Waals surface area contributed by atoms with Crippen LogP contribution in [0.4, 0.5) is 0 Å². The van der Waals surface area contributed by atoms with Gasteiger partial charge >= 0.3 is 0 Å². The topological polar surface area (TPSA) is 37.3 Å². The first kappa shape index (κ1) is 13.3. The second-order valence-electron chi connectivity index (χ2n) is 4.06. The zero-order valence-corrected chi connectivity index (χ0v) is 10.3. The van der Waals surface area contributed by atoms with Crippen molar-refractivity contribution < 1.29 is 9.90 Å². The van der Waals surface area contributed by atoms with Gasteiger partial charge in [-0.2, -0.15) is 11.3 Å². The molecule has 0 radical (unpaired) electrons. The highest BCUT2D eigenvalue weighted by molar-refractivity contribution is 7.08. The van der Waals surface area contributed by atoms with Crippen molar-refractivity contribution in [2.24, 2.45) is 0 Å². The normalized spacial score (nSPS) is 10.1. The highest BCUT2D eigenvalue weighted by Crippen LogP contribution is 2.30. The van der Waals surface area contributed by atoms with E-state index in [4.69, 9.17) is 0 Å². The molecule has 0 atom stereocenters. The lowest BCUT2D eigenvalue weighted by atomic mass is 10.00. The van der Waals surface area contributed by atoms with Crippen LogP contribution in [0.2, 0.25) is 0 Å². The van der Waals surface area contributed by atoms with E-state index in [0.29, 0.717) is 11.8 Å². The smallest absolute Gasteiger partial charge is 0.154 e. The van der Waals surface area contributed by atoms with Gasteiger partial charge in [-0.25, -0.2) is 0 Å². The Morgan fingerprint density at radius 2 is 1.89 bits per heavy atom. The van der Waals surface area contributed by atoms with Gasteiger partial charge in [-0.15, -0.1) is 0 Å². The summed E-state index contributed by atoms with van der Waals surface area (Å²) in [4.78, 5) is 11.0. The Morgan fingerprint density at radius 1 is 1.05 bits per heavy atom. The molecule has 3 heteroatoms. The zero-order chi connectivity index (χ0) is 12.5. The molecule has 96 valence electrons. The van der Waals surface area contributed by atoms with E-state index in [0.717, 1.165) is 16.3 Å². The zero-order valence-electron chi connectivity index (χ0n) is 9.46. The van der Waals surface area contributed by atoms with E-state index in [1.165, 1.54) is 5.56 Å². The van der Waals surface area contributed by atoms with Crippen LogP contribution in [-0.4, -0.2) is 11.4 Å². The van der Waals surface area contributed by atoms with Crippen LogP contribution in [0, 0.1) is 0 Å². The largest absolute Gasteiger partial charge is 0.507 e. The molecule has 0 saturated heterocycles. The van der Waals surface area contributed by atoms with Crippen molar-refractivity contribution in [1.29, 1.82) is 0 Å². The number of carbonyl (C=O) groups is 1. The molecule has 0 unspecified atom stereocenters. The quantitative estimate of drug-likeness (QED) is 0.684. The Morgan fingerprint density at radius 3 is 2.58 bits per heavy atom. The minimum absolute atomic E-state index is 0. The Bertz CT molecular complexity index is 715. The highest BCUT2D eigenvalue weighted by Gasteiger charge is 2.07. The van der Waals surface area contributed by atoms with Crippen molar-refractivity contribution in [2.45, 2.75) is 7.43 Å². The Labute approximate surface area is 116 Å². The summed E-state index contributed by atoms with van der Waals surface area (Å²) in [6.45, 7) is 0. The lowest BCUT2D eigenvalue weighted by Crippen LogP contribution is -1.85. The third-order valence-electron chi connectivity index (χ3n) is 3.01. The van der Waals surface area contributed by atoms with E-state index in [-0.39, 0.29) is 13.2 Å². The summed E-state index contributed by atoms with van der Waals surface area (Å²) in [5.74, 6) is 0.0285. The average molecular weight is 270 g/mol. The standard InChI is InChI=1S/C15H10O2S.CH4/c16-8-14-13-3-1-10(12-5-6-18-9-12)7-11(13)2-4-15(14)17;/h1-9,17H;1H4. The molecule has 1 heterocycles. The molecule has 3 rings (SSSR count). The summed E-state index contributed by atoms with van der Waals surface area (Å²) >= 11 is 1.65. The molecule has 2 aromatic carbocycles. The third kappa shape index (κ3) is 2.25. The lowest BCUT2D eigenvalue weighted by Gasteiger charge is -2.05. The molecule has 3 aromatic rings. The van der Waals surface area contributed by atoms with E-state index in [2.05, 4.69) is 11.4 Å². The number of rotatable bonds is 2. The minimum atomic E-state index is 0. The molecule has 0 aliphatic carbocycles. The van der Waals surface area contributed by atoms with E-state index in [9.17, 15) is 9.90 Å².